The lowest BCUT2D eigenvalue weighted by molar-refractivity contribution is -0.153. The number of ether oxygens (including phenoxy) is 3. The van der Waals surface area contributed by atoms with Crippen LogP contribution in [0.25, 0.3) is 0 Å². The minimum Gasteiger partial charge on any atom is -0.496 e. The van der Waals surface area contributed by atoms with Crippen LogP contribution in [0.3, 0.4) is 0 Å². The molecule has 34 heavy (non-hydrogen) atoms. The number of halogens is 1. The number of methoxy groups -OCH3 is 1. The first kappa shape index (κ1) is 24.4. The molecular weight excluding hydrogens is 456 g/mol. The van der Waals surface area contributed by atoms with Gasteiger partial charge in [0.05, 0.1) is 32.2 Å². The number of piperidine rings is 1. The van der Waals surface area contributed by atoms with Crippen molar-refractivity contribution in [2.75, 3.05) is 46.5 Å². The number of rotatable bonds is 7. The first-order valence-corrected chi connectivity index (χ1v) is 12.1. The Balaban J connectivity index is 1.55. The average molecular weight is 487 g/mol. The maximum absolute atomic E-state index is 13.4. The molecule has 0 aromatic heterocycles. The summed E-state index contributed by atoms with van der Waals surface area (Å²) in [6.07, 6.45) is 3.31. The summed E-state index contributed by atoms with van der Waals surface area (Å²) in [6, 6.07) is 14.3. The monoisotopic (exact) mass is 486 g/mol. The second kappa shape index (κ2) is 11.1. The van der Waals surface area contributed by atoms with E-state index < -0.39 is 5.60 Å². The highest BCUT2D eigenvalue weighted by molar-refractivity contribution is 6.30. The molecule has 0 radical (unpaired) electrons. The number of amides is 2. The molecule has 2 aromatic carbocycles. The van der Waals surface area contributed by atoms with E-state index in [1.807, 2.05) is 29.2 Å². The van der Waals surface area contributed by atoms with E-state index in [0.717, 1.165) is 32.4 Å². The zero-order valence-corrected chi connectivity index (χ0v) is 20.3. The van der Waals surface area contributed by atoms with Crippen molar-refractivity contribution < 1.29 is 23.8 Å². The molecule has 2 aliphatic heterocycles. The third-order valence-corrected chi connectivity index (χ3v) is 6.59. The number of hydrogen-bond acceptors (Lipinski definition) is 5. The molecule has 2 heterocycles. The summed E-state index contributed by atoms with van der Waals surface area (Å²) < 4.78 is 17.7. The van der Waals surface area contributed by atoms with Gasteiger partial charge in [-0.2, -0.15) is 0 Å². The number of carbonyl (C=O) groups is 2. The number of benzene rings is 2. The van der Waals surface area contributed by atoms with Crippen LogP contribution < -0.4 is 9.47 Å². The minimum absolute atomic E-state index is 0.0287. The fourth-order valence-corrected chi connectivity index (χ4v) is 4.74. The normalized spacial score (nSPS) is 20.6. The lowest BCUT2D eigenvalue weighted by Gasteiger charge is -2.43. The topological polar surface area (TPSA) is 68.3 Å². The predicted molar refractivity (Wildman–Crippen MR) is 130 cm³/mol. The molecule has 0 N–H and O–H groups in total. The molecule has 2 aliphatic rings. The van der Waals surface area contributed by atoms with E-state index in [1.165, 1.54) is 0 Å². The second-order valence-corrected chi connectivity index (χ2v) is 9.26. The Bertz CT molecular complexity index is 1010. The highest BCUT2D eigenvalue weighted by Crippen LogP contribution is 2.29. The van der Waals surface area contributed by atoms with Gasteiger partial charge in [-0.3, -0.25) is 9.59 Å². The van der Waals surface area contributed by atoms with Gasteiger partial charge in [0, 0.05) is 24.7 Å². The van der Waals surface area contributed by atoms with Crippen molar-refractivity contribution in [3.8, 4) is 11.5 Å². The Morgan fingerprint density at radius 2 is 1.82 bits per heavy atom. The van der Waals surface area contributed by atoms with Crippen molar-refractivity contribution in [3.63, 3.8) is 0 Å². The number of morpholine rings is 1. The van der Waals surface area contributed by atoms with Gasteiger partial charge in [-0.15, -0.1) is 0 Å². The van der Waals surface area contributed by atoms with Gasteiger partial charge < -0.3 is 24.0 Å². The predicted octanol–water partition coefficient (Wildman–Crippen LogP) is 4.04. The van der Waals surface area contributed by atoms with Crippen LogP contribution in [-0.4, -0.2) is 73.7 Å². The van der Waals surface area contributed by atoms with Gasteiger partial charge in [0.2, 0.25) is 5.91 Å². The molecule has 2 saturated heterocycles. The maximum Gasteiger partial charge on any atom is 0.257 e. The number of hydrogen-bond donors (Lipinski definition) is 0. The molecule has 2 fully saturated rings. The molecule has 0 bridgehead atoms. The van der Waals surface area contributed by atoms with Crippen molar-refractivity contribution in [3.05, 3.63) is 59.1 Å². The zero-order chi connectivity index (χ0) is 24.0. The Hall–Kier alpha value is -2.77. The molecule has 2 aromatic rings. The van der Waals surface area contributed by atoms with Gasteiger partial charge in [-0.05, 0) is 49.6 Å². The van der Waals surface area contributed by atoms with Gasteiger partial charge in [0.25, 0.3) is 5.91 Å². The lowest BCUT2D eigenvalue weighted by Crippen LogP contribution is -2.58. The number of para-hydroxylation sites is 1. The van der Waals surface area contributed by atoms with Gasteiger partial charge in [0.15, 0.2) is 0 Å². The smallest absolute Gasteiger partial charge is 0.257 e. The van der Waals surface area contributed by atoms with Gasteiger partial charge in [-0.25, -0.2) is 0 Å². The highest BCUT2D eigenvalue weighted by atomic mass is 35.5. The molecule has 0 saturated carbocycles. The quantitative estimate of drug-likeness (QED) is 0.590. The van der Waals surface area contributed by atoms with Crippen LogP contribution in [-0.2, 0) is 9.53 Å². The van der Waals surface area contributed by atoms with Crippen LogP contribution in [0.1, 0.15) is 36.0 Å². The van der Waals surface area contributed by atoms with Gasteiger partial charge >= 0.3 is 0 Å². The molecule has 182 valence electrons. The summed E-state index contributed by atoms with van der Waals surface area (Å²) in [5, 5.41) is 0.563. The first-order valence-electron chi connectivity index (χ1n) is 11.7. The summed E-state index contributed by atoms with van der Waals surface area (Å²) in [5.74, 6) is 0.984. The molecule has 0 spiro atoms. The molecule has 0 aliphatic carbocycles. The molecule has 1 atom stereocenters. The van der Waals surface area contributed by atoms with Crippen LogP contribution in [0.15, 0.2) is 48.5 Å². The van der Waals surface area contributed by atoms with E-state index in [0.29, 0.717) is 35.2 Å². The standard InChI is InChI=1S/C26H31ClN2O5/c1-32-23-11-4-3-10-22(23)25(31)29-14-15-34-26(18-29,17-24(30)28-12-5-2-6-13-28)19-33-21-9-7-8-20(27)16-21/h3-4,7-11,16H,2,5-6,12-15,17-19H2,1H3. The number of nitrogens with zero attached hydrogens (tertiary/aromatic N) is 2. The van der Waals surface area contributed by atoms with Crippen LogP contribution in [0.4, 0.5) is 0 Å². The van der Waals surface area contributed by atoms with E-state index in [9.17, 15) is 9.59 Å². The van der Waals surface area contributed by atoms with E-state index in [1.54, 1.807) is 36.3 Å². The molecule has 1 unspecified atom stereocenters. The molecule has 2 amide bonds. The third-order valence-electron chi connectivity index (χ3n) is 6.35. The first-order chi connectivity index (χ1) is 16.5. The average Bonchev–Trinajstić information content (AvgIpc) is 2.88. The Morgan fingerprint density at radius 3 is 2.59 bits per heavy atom. The van der Waals surface area contributed by atoms with Crippen LogP contribution >= 0.6 is 11.6 Å². The van der Waals surface area contributed by atoms with Gasteiger partial charge in [-0.1, -0.05) is 29.8 Å². The summed E-state index contributed by atoms with van der Waals surface area (Å²) in [4.78, 5) is 30.3. The van der Waals surface area contributed by atoms with Crippen LogP contribution in [0, 0.1) is 0 Å². The minimum atomic E-state index is -0.966. The second-order valence-electron chi connectivity index (χ2n) is 8.82. The molecule has 7 nitrogen and oxygen atoms in total. The molecular formula is C26H31ClN2O5. The lowest BCUT2D eigenvalue weighted by atomic mass is 9.95. The zero-order valence-electron chi connectivity index (χ0n) is 19.5. The number of carbonyl (C=O) groups excluding carboxylic acids is 2. The SMILES string of the molecule is COc1ccccc1C(=O)N1CCOC(COc2cccc(Cl)c2)(CC(=O)N2CCCCC2)C1. The van der Waals surface area contributed by atoms with Crippen molar-refractivity contribution in [1.82, 2.24) is 9.80 Å². The third kappa shape index (κ3) is 5.83. The Kier molecular flexibility index (Phi) is 7.95. The maximum atomic E-state index is 13.4. The summed E-state index contributed by atoms with van der Waals surface area (Å²) in [6.45, 7) is 2.62. The van der Waals surface area contributed by atoms with E-state index in [2.05, 4.69) is 0 Å². The van der Waals surface area contributed by atoms with Crippen molar-refractivity contribution in [2.45, 2.75) is 31.3 Å². The molecule has 4 rings (SSSR count). The fourth-order valence-electron chi connectivity index (χ4n) is 4.56. The Morgan fingerprint density at radius 1 is 1.03 bits per heavy atom. The van der Waals surface area contributed by atoms with Crippen LogP contribution in [0.5, 0.6) is 11.5 Å². The fraction of sp³-hybridized carbons (Fsp3) is 0.462. The summed E-state index contributed by atoms with van der Waals surface area (Å²) >= 11 is 6.11. The van der Waals surface area contributed by atoms with Crippen molar-refractivity contribution in [1.29, 1.82) is 0 Å². The van der Waals surface area contributed by atoms with Crippen LogP contribution in [0.2, 0.25) is 5.02 Å². The highest BCUT2D eigenvalue weighted by Gasteiger charge is 2.42. The largest absolute Gasteiger partial charge is 0.496 e. The van der Waals surface area contributed by atoms with Crippen molar-refractivity contribution >= 4 is 23.4 Å². The number of likely N-dealkylation sites (tertiary alicyclic amines) is 1. The van der Waals surface area contributed by atoms with E-state index in [-0.39, 0.29) is 31.4 Å². The van der Waals surface area contributed by atoms with Crippen molar-refractivity contribution in [2.24, 2.45) is 0 Å². The molecule has 8 heteroatoms. The van der Waals surface area contributed by atoms with E-state index in [4.69, 9.17) is 25.8 Å². The van der Waals surface area contributed by atoms with Gasteiger partial charge in [0.1, 0.15) is 23.7 Å². The summed E-state index contributed by atoms with van der Waals surface area (Å²) in [7, 11) is 1.55. The van der Waals surface area contributed by atoms with E-state index >= 15 is 0 Å². The Labute approximate surface area is 205 Å². The summed E-state index contributed by atoms with van der Waals surface area (Å²) in [5.41, 5.74) is -0.480.